The van der Waals surface area contributed by atoms with E-state index >= 15 is 0 Å². The third kappa shape index (κ3) is 6.34. The SMILES string of the molecule is CNC1CCCN(CCC(=O)Nc2ccc(Br)cc2)C1.Cl. The van der Waals surface area contributed by atoms with Crippen LogP contribution in [0.3, 0.4) is 0 Å². The lowest BCUT2D eigenvalue weighted by Gasteiger charge is -2.32. The van der Waals surface area contributed by atoms with Crippen LogP contribution in [0.15, 0.2) is 28.7 Å². The molecule has 1 aliphatic heterocycles. The second-order valence-corrected chi connectivity index (χ2v) is 6.15. The molecule has 0 radical (unpaired) electrons. The number of benzene rings is 1. The van der Waals surface area contributed by atoms with Gasteiger partial charge in [-0.3, -0.25) is 4.79 Å². The topological polar surface area (TPSA) is 44.4 Å². The van der Waals surface area contributed by atoms with Crippen molar-refractivity contribution in [3.63, 3.8) is 0 Å². The summed E-state index contributed by atoms with van der Waals surface area (Å²) in [5.74, 6) is 0.0823. The first-order valence-electron chi connectivity index (χ1n) is 7.12. The zero-order valence-corrected chi connectivity index (χ0v) is 14.7. The Bertz CT molecular complexity index is 441. The third-order valence-electron chi connectivity index (χ3n) is 3.70. The number of carbonyl (C=O) groups is 1. The predicted molar refractivity (Wildman–Crippen MR) is 93.2 cm³/mol. The summed E-state index contributed by atoms with van der Waals surface area (Å²) in [5, 5.41) is 6.25. The van der Waals surface area contributed by atoms with E-state index in [1.165, 1.54) is 12.8 Å². The van der Waals surface area contributed by atoms with Crippen molar-refractivity contribution in [3.05, 3.63) is 28.7 Å². The van der Waals surface area contributed by atoms with Gasteiger partial charge in [-0.25, -0.2) is 0 Å². The minimum Gasteiger partial charge on any atom is -0.326 e. The van der Waals surface area contributed by atoms with Crippen LogP contribution in [-0.2, 0) is 4.79 Å². The molecule has 4 nitrogen and oxygen atoms in total. The molecule has 2 N–H and O–H groups in total. The summed E-state index contributed by atoms with van der Waals surface area (Å²) in [5.41, 5.74) is 0.852. The summed E-state index contributed by atoms with van der Waals surface area (Å²) in [6.45, 7) is 2.98. The van der Waals surface area contributed by atoms with Gasteiger partial charge in [0, 0.05) is 35.7 Å². The molecule has 1 atom stereocenters. The van der Waals surface area contributed by atoms with E-state index in [-0.39, 0.29) is 18.3 Å². The molecular weight excluding hydrogens is 354 g/mol. The van der Waals surface area contributed by atoms with Crippen molar-refractivity contribution < 1.29 is 4.79 Å². The predicted octanol–water partition coefficient (Wildman–Crippen LogP) is 2.88. The van der Waals surface area contributed by atoms with Crippen LogP contribution in [0, 0.1) is 0 Å². The molecule has 0 spiro atoms. The van der Waals surface area contributed by atoms with Crippen LogP contribution >= 0.6 is 28.3 Å². The second-order valence-electron chi connectivity index (χ2n) is 5.23. The maximum atomic E-state index is 11.9. The fourth-order valence-electron chi connectivity index (χ4n) is 2.51. The number of piperidine rings is 1. The van der Waals surface area contributed by atoms with Crippen LogP contribution < -0.4 is 10.6 Å². The van der Waals surface area contributed by atoms with Gasteiger partial charge in [0.15, 0.2) is 0 Å². The summed E-state index contributed by atoms with van der Waals surface area (Å²) >= 11 is 3.38. The maximum Gasteiger partial charge on any atom is 0.225 e. The highest BCUT2D eigenvalue weighted by Gasteiger charge is 2.18. The number of hydrogen-bond acceptors (Lipinski definition) is 3. The van der Waals surface area contributed by atoms with E-state index in [4.69, 9.17) is 0 Å². The van der Waals surface area contributed by atoms with Gasteiger partial charge >= 0.3 is 0 Å². The van der Waals surface area contributed by atoms with Crippen LogP contribution in [0.5, 0.6) is 0 Å². The Balaban J connectivity index is 0.00000220. The molecule has 1 amide bonds. The number of rotatable bonds is 5. The first-order chi connectivity index (χ1) is 9.67. The van der Waals surface area contributed by atoms with Crippen LogP contribution in [0.2, 0.25) is 0 Å². The number of carbonyl (C=O) groups excluding carboxylic acids is 1. The Hall–Kier alpha value is -0.620. The van der Waals surface area contributed by atoms with Gasteiger partial charge in [-0.15, -0.1) is 12.4 Å². The molecule has 1 saturated heterocycles. The van der Waals surface area contributed by atoms with Crippen molar-refractivity contribution in [2.45, 2.75) is 25.3 Å². The minimum atomic E-state index is 0. The highest BCUT2D eigenvalue weighted by Crippen LogP contribution is 2.14. The van der Waals surface area contributed by atoms with Gasteiger partial charge < -0.3 is 15.5 Å². The van der Waals surface area contributed by atoms with E-state index in [1.807, 2.05) is 31.3 Å². The number of anilines is 1. The first-order valence-corrected chi connectivity index (χ1v) is 7.91. The highest BCUT2D eigenvalue weighted by molar-refractivity contribution is 9.10. The number of amides is 1. The molecule has 0 saturated carbocycles. The molecule has 1 fully saturated rings. The molecule has 1 heterocycles. The van der Waals surface area contributed by atoms with Gasteiger partial charge in [0.1, 0.15) is 0 Å². The molecule has 0 bridgehead atoms. The Morgan fingerprint density at radius 1 is 1.38 bits per heavy atom. The zero-order chi connectivity index (χ0) is 14.4. The largest absolute Gasteiger partial charge is 0.326 e. The van der Waals surface area contributed by atoms with Crippen molar-refractivity contribution in [1.82, 2.24) is 10.2 Å². The number of hydrogen-bond donors (Lipinski definition) is 2. The van der Waals surface area contributed by atoms with Crippen LogP contribution in [0.1, 0.15) is 19.3 Å². The van der Waals surface area contributed by atoms with Crippen molar-refractivity contribution in [2.24, 2.45) is 0 Å². The smallest absolute Gasteiger partial charge is 0.225 e. The van der Waals surface area contributed by atoms with Crippen molar-refractivity contribution in [1.29, 1.82) is 0 Å². The van der Waals surface area contributed by atoms with E-state index in [2.05, 4.69) is 31.5 Å². The monoisotopic (exact) mass is 375 g/mol. The summed E-state index contributed by atoms with van der Waals surface area (Å²) in [6, 6.07) is 8.23. The summed E-state index contributed by atoms with van der Waals surface area (Å²) in [4.78, 5) is 14.3. The standard InChI is InChI=1S/C15H22BrN3O.ClH/c1-17-14-3-2-9-19(11-14)10-8-15(20)18-13-6-4-12(16)5-7-13;/h4-7,14,17H,2-3,8-11H2,1H3,(H,18,20);1H. The molecule has 118 valence electrons. The number of nitrogens with zero attached hydrogens (tertiary/aromatic N) is 1. The molecular formula is C15H23BrClN3O. The van der Waals surface area contributed by atoms with E-state index in [9.17, 15) is 4.79 Å². The van der Waals surface area contributed by atoms with Gasteiger partial charge in [0.05, 0.1) is 0 Å². The van der Waals surface area contributed by atoms with Gasteiger partial charge in [-0.05, 0) is 50.7 Å². The lowest BCUT2D eigenvalue weighted by Crippen LogP contribution is -2.45. The number of nitrogens with one attached hydrogen (secondary N) is 2. The van der Waals surface area contributed by atoms with Crippen LogP contribution in [-0.4, -0.2) is 43.5 Å². The first kappa shape index (κ1) is 18.4. The summed E-state index contributed by atoms with van der Waals surface area (Å²) < 4.78 is 1.02. The molecule has 0 aromatic heterocycles. The van der Waals surface area contributed by atoms with E-state index in [0.29, 0.717) is 12.5 Å². The van der Waals surface area contributed by atoms with E-state index < -0.39 is 0 Å². The van der Waals surface area contributed by atoms with Gasteiger partial charge in [-0.1, -0.05) is 15.9 Å². The normalized spacial score (nSPS) is 18.9. The molecule has 1 unspecified atom stereocenters. The third-order valence-corrected chi connectivity index (χ3v) is 4.23. The lowest BCUT2D eigenvalue weighted by molar-refractivity contribution is -0.116. The second kappa shape index (κ2) is 9.41. The quantitative estimate of drug-likeness (QED) is 0.830. The van der Waals surface area contributed by atoms with Gasteiger partial charge in [0.2, 0.25) is 5.91 Å². The molecule has 1 aromatic rings. The minimum absolute atomic E-state index is 0. The van der Waals surface area contributed by atoms with Crippen molar-refractivity contribution >= 4 is 39.9 Å². The van der Waals surface area contributed by atoms with Crippen molar-refractivity contribution in [2.75, 3.05) is 32.0 Å². The summed E-state index contributed by atoms with van der Waals surface area (Å²) in [6.07, 6.45) is 2.99. The van der Waals surface area contributed by atoms with Crippen LogP contribution in [0.25, 0.3) is 0 Å². The van der Waals surface area contributed by atoms with Gasteiger partial charge in [0.25, 0.3) is 0 Å². The fourth-order valence-corrected chi connectivity index (χ4v) is 2.77. The van der Waals surface area contributed by atoms with Crippen LogP contribution in [0.4, 0.5) is 5.69 Å². The maximum absolute atomic E-state index is 11.9. The molecule has 1 aliphatic rings. The Labute approximate surface area is 141 Å². The molecule has 21 heavy (non-hydrogen) atoms. The molecule has 2 rings (SSSR count). The lowest BCUT2D eigenvalue weighted by atomic mass is 10.1. The average molecular weight is 377 g/mol. The molecule has 0 aliphatic carbocycles. The number of halogens is 2. The highest BCUT2D eigenvalue weighted by atomic mass is 79.9. The van der Waals surface area contributed by atoms with Gasteiger partial charge in [-0.2, -0.15) is 0 Å². The average Bonchev–Trinajstić information content (AvgIpc) is 2.48. The van der Waals surface area contributed by atoms with E-state index in [1.54, 1.807) is 0 Å². The summed E-state index contributed by atoms with van der Waals surface area (Å²) in [7, 11) is 2.01. The van der Waals surface area contributed by atoms with E-state index in [0.717, 1.165) is 29.8 Å². The number of likely N-dealkylation sites (N-methyl/N-ethyl adjacent to an activating group) is 1. The fraction of sp³-hybridized carbons (Fsp3) is 0.533. The number of likely N-dealkylation sites (tertiary alicyclic amines) is 1. The zero-order valence-electron chi connectivity index (χ0n) is 12.3. The Morgan fingerprint density at radius 2 is 2.10 bits per heavy atom. The Kier molecular flexibility index (Phi) is 8.26. The molecule has 1 aromatic carbocycles. The Morgan fingerprint density at radius 3 is 2.76 bits per heavy atom. The molecule has 6 heteroatoms. The van der Waals surface area contributed by atoms with Crippen molar-refractivity contribution in [3.8, 4) is 0 Å².